The van der Waals surface area contributed by atoms with Gasteiger partial charge in [-0.25, -0.2) is 0 Å². The molecule has 1 aromatic rings. The predicted octanol–water partition coefficient (Wildman–Crippen LogP) is 3.37. The fourth-order valence-electron chi connectivity index (χ4n) is 0.887. The fraction of sp³-hybridized carbons (Fsp3) is 0.250. The van der Waals surface area contributed by atoms with E-state index in [1.165, 1.54) is 19.2 Å². The van der Waals surface area contributed by atoms with Crippen LogP contribution >= 0.6 is 11.6 Å². The normalized spacial score (nSPS) is 11.5. The van der Waals surface area contributed by atoms with Crippen molar-refractivity contribution in [2.45, 2.75) is 6.18 Å². The van der Waals surface area contributed by atoms with E-state index in [1.54, 1.807) is 0 Å². The molecule has 0 amide bonds. The minimum atomic E-state index is -4.44. The zero-order valence-corrected chi connectivity index (χ0v) is 7.41. The maximum atomic E-state index is 12.2. The Morgan fingerprint density at radius 3 is 2.38 bits per heavy atom. The van der Waals surface area contributed by atoms with E-state index < -0.39 is 16.8 Å². The first kappa shape index (κ1) is 10.2. The van der Waals surface area contributed by atoms with E-state index in [1.807, 2.05) is 0 Å². The third-order valence-electron chi connectivity index (χ3n) is 1.49. The van der Waals surface area contributed by atoms with Gasteiger partial charge >= 0.3 is 6.18 Å². The third-order valence-corrected chi connectivity index (χ3v) is 1.88. The van der Waals surface area contributed by atoms with Gasteiger partial charge in [0.05, 0.1) is 17.7 Å². The number of hydrogen-bond donors (Lipinski definition) is 0. The summed E-state index contributed by atoms with van der Waals surface area (Å²) in [4.78, 5) is 0. The zero-order chi connectivity index (χ0) is 10.1. The van der Waals surface area contributed by atoms with E-state index in [2.05, 4.69) is 4.74 Å². The number of halogens is 4. The number of alkyl halides is 3. The molecule has 1 rings (SSSR count). The molecular weight excluding hydrogens is 205 g/mol. The van der Waals surface area contributed by atoms with Crippen LogP contribution in [0.25, 0.3) is 0 Å². The molecule has 1 aromatic carbocycles. The van der Waals surface area contributed by atoms with Gasteiger partial charge in [-0.1, -0.05) is 17.7 Å². The lowest BCUT2D eigenvalue weighted by molar-refractivity contribution is -0.137. The maximum absolute atomic E-state index is 12.2. The summed E-state index contributed by atoms with van der Waals surface area (Å²) >= 11 is 5.45. The quantitative estimate of drug-likeness (QED) is 0.691. The van der Waals surface area contributed by atoms with Crippen LogP contribution in [0.1, 0.15) is 5.56 Å². The molecule has 13 heavy (non-hydrogen) atoms. The molecule has 0 aromatic heterocycles. The molecule has 1 nitrogen and oxygen atoms in total. The Balaban J connectivity index is 3.24. The molecule has 0 atom stereocenters. The van der Waals surface area contributed by atoms with Gasteiger partial charge in [0.15, 0.2) is 0 Å². The highest BCUT2D eigenvalue weighted by atomic mass is 35.5. The molecule has 0 aliphatic carbocycles. The van der Waals surface area contributed by atoms with Crippen LogP contribution in [0.5, 0.6) is 5.75 Å². The molecule has 0 radical (unpaired) electrons. The van der Waals surface area contributed by atoms with Crippen molar-refractivity contribution in [3.05, 3.63) is 28.8 Å². The second-order valence-corrected chi connectivity index (χ2v) is 2.70. The van der Waals surface area contributed by atoms with Crippen LogP contribution in [-0.4, -0.2) is 7.11 Å². The number of methoxy groups -OCH3 is 1. The second kappa shape index (κ2) is 3.46. The molecule has 0 aliphatic heterocycles. The van der Waals surface area contributed by atoms with Crippen LogP contribution < -0.4 is 4.74 Å². The first-order chi connectivity index (χ1) is 5.96. The highest BCUT2D eigenvalue weighted by Crippen LogP contribution is 2.38. The third kappa shape index (κ3) is 2.06. The molecule has 0 bridgehead atoms. The Hall–Kier alpha value is -0.900. The van der Waals surface area contributed by atoms with Crippen LogP contribution in [0.2, 0.25) is 5.02 Å². The van der Waals surface area contributed by atoms with Crippen LogP contribution in [0, 0.1) is 0 Å². The van der Waals surface area contributed by atoms with Gasteiger partial charge in [0, 0.05) is 0 Å². The first-order valence-corrected chi connectivity index (χ1v) is 3.74. The van der Waals surface area contributed by atoms with Crippen molar-refractivity contribution in [1.82, 2.24) is 0 Å². The lowest BCUT2D eigenvalue weighted by Crippen LogP contribution is -2.06. The summed E-state index contributed by atoms with van der Waals surface area (Å²) in [5.41, 5.74) is -0.881. The molecule has 0 aliphatic rings. The molecule has 0 saturated carbocycles. The van der Waals surface area contributed by atoms with Crippen molar-refractivity contribution in [3.63, 3.8) is 0 Å². The van der Waals surface area contributed by atoms with Gasteiger partial charge in [0.1, 0.15) is 5.75 Å². The summed E-state index contributed by atoms with van der Waals surface area (Å²) in [6.07, 6.45) is -4.44. The Kier molecular flexibility index (Phi) is 2.71. The monoisotopic (exact) mass is 210 g/mol. The van der Waals surface area contributed by atoms with Gasteiger partial charge in [-0.3, -0.25) is 0 Å². The van der Waals surface area contributed by atoms with E-state index in [4.69, 9.17) is 11.6 Å². The van der Waals surface area contributed by atoms with Crippen LogP contribution in [0.3, 0.4) is 0 Å². The molecule has 72 valence electrons. The standard InChI is InChI=1S/C8H6ClF3O/c1-13-6-4-2-3-5(7(6)9)8(10,11)12/h2-4H,1H3. The van der Waals surface area contributed by atoms with Crippen molar-refractivity contribution in [1.29, 1.82) is 0 Å². The van der Waals surface area contributed by atoms with Gasteiger partial charge in [0.2, 0.25) is 0 Å². The van der Waals surface area contributed by atoms with Gasteiger partial charge in [-0.2, -0.15) is 13.2 Å². The lowest BCUT2D eigenvalue weighted by atomic mass is 10.2. The maximum Gasteiger partial charge on any atom is 0.417 e. The van der Waals surface area contributed by atoms with Crippen molar-refractivity contribution in [2.24, 2.45) is 0 Å². The van der Waals surface area contributed by atoms with Crippen molar-refractivity contribution in [2.75, 3.05) is 7.11 Å². The number of ether oxygens (including phenoxy) is 1. The Morgan fingerprint density at radius 1 is 1.31 bits per heavy atom. The second-order valence-electron chi connectivity index (χ2n) is 2.32. The molecule has 0 unspecified atom stereocenters. The molecular formula is C8H6ClF3O. The Bertz CT molecular complexity index is 309. The van der Waals surface area contributed by atoms with Crippen LogP contribution in [-0.2, 0) is 6.18 Å². The minimum absolute atomic E-state index is 0.0245. The van der Waals surface area contributed by atoms with E-state index in [-0.39, 0.29) is 5.75 Å². The van der Waals surface area contributed by atoms with Crippen LogP contribution in [0.4, 0.5) is 13.2 Å². The van der Waals surface area contributed by atoms with E-state index in [0.717, 1.165) is 6.07 Å². The number of hydrogen-bond acceptors (Lipinski definition) is 1. The molecule has 0 N–H and O–H groups in total. The summed E-state index contributed by atoms with van der Waals surface area (Å²) in [6, 6.07) is 3.52. The largest absolute Gasteiger partial charge is 0.495 e. The van der Waals surface area contributed by atoms with Gasteiger partial charge in [-0.15, -0.1) is 0 Å². The average molecular weight is 211 g/mol. The topological polar surface area (TPSA) is 9.23 Å². The first-order valence-electron chi connectivity index (χ1n) is 3.36. The number of benzene rings is 1. The molecule has 0 heterocycles. The predicted molar refractivity (Wildman–Crippen MR) is 43.0 cm³/mol. The number of rotatable bonds is 1. The van der Waals surface area contributed by atoms with Crippen molar-refractivity contribution < 1.29 is 17.9 Å². The van der Waals surface area contributed by atoms with E-state index in [9.17, 15) is 13.2 Å². The van der Waals surface area contributed by atoms with E-state index >= 15 is 0 Å². The zero-order valence-electron chi connectivity index (χ0n) is 6.65. The molecule has 0 saturated heterocycles. The molecule has 0 spiro atoms. The highest BCUT2D eigenvalue weighted by Gasteiger charge is 2.34. The summed E-state index contributed by atoms with van der Waals surface area (Å²) in [5.74, 6) is 0.0245. The Labute approximate surface area is 78.1 Å². The summed E-state index contributed by atoms with van der Waals surface area (Å²) < 4.78 is 41.3. The summed E-state index contributed by atoms with van der Waals surface area (Å²) in [6.45, 7) is 0. The van der Waals surface area contributed by atoms with Gasteiger partial charge < -0.3 is 4.74 Å². The van der Waals surface area contributed by atoms with Gasteiger partial charge in [0.25, 0.3) is 0 Å². The smallest absolute Gasteiger partial charge is 0.417 e. The summed E-state index contributed by atoms with van der Waals surface area (Å²) in [7, 11) is 1.27. The summed E-state index contributed by atoms with van der Waals surface area (Å²) in [5, 5.41) is -0.405. The minimum Gasteiger partial charge on any atom is -0.495 e. The molecule has 0 fully saturated rings. The van der Waals surface area contributed by atoms with Gasteiger partial charge in [-0.05, 0) is 12.1 Å². The van der Waals surface area contributed by atoms with Crippen molar-refractivity contribution in [3.8, 4) is 5.75 Å². The van der Waals surface area contributed by atoms with E-state index in [0.29, 0.717) is 0 Å². The fourth-order valence-corrected chi connectivity index (χ4v) is 1.20. The average Bonchev–Trinajstić information content (AvgIpc) is 2.02. The van der Waals surface area contributed by atoms with Crippen LogP contribution in [0.15, 0.2) is 18.2 Å². The SMILES string of the molecule is COc1cccc(C(F)(F)F)c1Cl. The molecule has 5 heteroatoms. The lowest BCUT2D eigenvalue weighted by Gasteiger charge is -2.10. The Morgan fingerprint density at radius 2 is 1.92 bits per heavy atom. The highest BCUT2D eigenvalue weighted by molar-refractivity contribution is 6.32. The van der Waals surface area contributed by atoms with Crippen molar-refractivity contribution >= 4 is 11.6 Å².